The molecule has 2 heterocycles. The molecule has 1 aromatic heterocycles. The Morgan fingerprint density at radius 2 is 2.00 bits per heavy atom. The summed E-state index contributed by atoms with van der Waals surface area (Å²) in [5, 5.41) is 0.254. The number of hydrogen-bond donors (Lipinski definition) is 2. The van der Waals surface area contributed by atoms with Gasteiger partial charge in [-0.15, -0.1) is 12.4 Å². The van der Waals surface area contributed by atoms with Gasteiger partial charge in [0.2, 0.25) is 10.0 Å². The molecule has 4 N–H and O–H groups in total. The second-order valence-corrected chi connectivity index (χ2v) is 6.96. The van der Waals surface area contributed by atoms with E-state index in [2.05, 4.69) is 4.98 Å². The molecule has 1 aliphatic heterocycles. The van der Waals surface area contributed by atoms with E-state index >= 15 is 0 Å². The van der Waals surface area contributed by atoms with Crippen LogP contribution in [0.5, 0.6) is 0 Å². The van der Waals surface area contributed by atoms with E-state index in [9.17, 15) is 8.42 Å². The molecule has 1 aromatic rings. The van der Waals surface area contributed by atoms with Gasteiger partial charge in [0.25, 0.3) is 0 Å². The Balaban J connectivity index is 0.00000200. The van der Waals surface area contributed by atoms with Crippen LogP contribution >= 0.6 is 24.0 Å². The fourth-order valence-corrected chi connectivity index (χ4v) is 3.95. The minimum atomic E-state index is -3.63. The zero-order valence-corrected chi connectivity index (χ0v) is 13.2. The lowest BCUT2D eigenvalue weighted by molar-refractivity contribution is 0.278. The molecule has 9 heteroatoms. The lowest BCUT2D eigenvalue weighted by atomic mass is 9.99. The van der Waals surface area contributed by atoms with Crippen molar-refractivity contribution in [2.45, 2.75) is 17.7 Å². The van der Waals surface area contributed by atoms with Crippen LogP contribution in [-0.4, -0.2) is 37.3 Å². The maximum Gasteiger partial charge on any atom is 0.246 e. The first kappa shape index (κ1) is 17.5. The summed E-state index contributed by atoms with van der Waals surface area (Å²) in [5.74, 6) is 0.367. The number of hydrogen-bond acceptors (Lipinski definition) is 5. The van der Waals surface area contributed by atoms with Gasteiger partial charge in [-0.1, -0.05) is 11.6 Å². The van der Waals surface area contributed by atoms with Crippen molar-refractivity contribution in [3.8, 4) is 0 Å². The van der Waals surface area contributed by atoms with Crippen LogP contribution in [0.3, 0.4) is 0 Å². The van der Waals surface area contributed by atoms with Crippen LogP contribution in [0.4, 0.5) is 5.82 Å². The van der Waals surface area contributed by atoms with Crippen LogP contribution in [0.1, 0.15) is 12.8 Å². The Morgan fingerprint density at radius 1 is 1.40 bits per heavy atom. The summed E-state index contributed by atoms with van der Waals surface area (Å²) in [6, 6.07) is 1.34. The van der Waals surface area contributed by atoms with Crippen LogP contribution in [0.25, 0.3) is 0 Å². The summed E-state index contributed by atoms with van der Waals surface area (Å²) in [5.41, 5.74) is 11.2. The minimum absolute atomic E-state index is 0. The topological polar surface area (TPSA) is 102 Å². The molecule has 0 aromatic carbocycles. The highest BCUT2D eigenvalue weighted by molar-refractivity contribution is 7.89. The number of piperidine rings is 1. The minimum Gasteiger partial charge on any atom is -0.383 e. The molecule has 0 amide bonds. The van der Waals surface area contributed by atoms with E-state index in [0.717, 1.165) is 12.8 Å². The van der Waals surface area contributed by atoms with Crippen molar-refractivity contribution in [1.82, 2.24) is 9.29 Å². The zero-order chi connectivity index (χ0) is 14.0. The number of halogens is 2. The van der Waals surface area contributed by atoms with Gasteiger partial charge in [-0.05, 0) is 31.4 Å². The first-order valence-electron chi connectivity index (χ1n) is 6.06. The molecule has 0 aliphatic carbocycles. The van der Waals surface area contributed by atoms with Crippen molar-refractivity contribution in [2.75, 3.05) is 25.4 Å². The highest BCUT2D eigenvalue weighted by Gasteiger charge is 2.30. The molecule has 1 fully saturated rings. The average molecular weight is 341 g/mol. The molecule has 0 atom stereocenters. The summed E-state index contributed by atoms with van der Waals surface area (Å²) in [7, 11) is -3.63. The molecule has 0 spiro atoms. The lowest BCUT2D eigenvalue weighted by Crippen LogP contribution is -2.40. The first-order valence-corrected chi connectivity index (χ1v) is 7.88. The smallest absolute Gasteiger partial charge is 0.246 e. The van der Waals surface area contributed by atoms with E-state index in [1.165, 1.54) is 16.6 Å². The van der Waals surface area contributed by atoms with E-state index in [0.29, 0.717) is 25.6 Å². The molecule has 114 valence electrons. The fraction of sp³-hybridized carbons (Fsp3) is 0.545. The number of nitrogens with two attached hydrogens (primary N) is 2. The molecule has 6 nitrogen and oxygen atoms in total. The van der Waals surface area contributed by atoms with Crippen LogP contribution in [0, 0.1) is 5.92 Å². The number of sulfonamides is 1. The predicted molar refractivity (Wildman–Crippen MR) is 81.4 cm³/mol. The maximum absolute atomic E-state index is 12.5. The average Bonchev–Trinajstić information content (AvgIpc) is 2.41. The van der Waals surface area contributed by atoms with Gasteiger partial charge in [0.05, 0.1) is 5.02 Å². The summed E-state index contributed by atoms with van der Waals surface area (Å²) >= 11 is 5.79. The monoisotopic (exact) mass is 340 g/mol. The van der Waals surface area contributed by atoms with Crippen LogP contribution in [0.2, 0.25) is 5.02 Å². The highest BCUT2D eigenvalue weighted by Crippen LogP contribution is 2.27. The van der Waals surface area contributed by atoms with Crippen molar-refractivity contribution in [1.29, 1.82) is 0 Å². The molecular formula is C11H18Cl2N4O2S. The van der Waals surface area contributed by atoms with Crippen molar-refractivity contribution >= 4 is 39.8 Å². The lowest BCUT2D eigenvalue weighted by Gasteiger charge is -2.30. The van der Waals surface area contributed by atoms with E-state index in [-0.39, 0.29) is 28.1 Å². The van der Waals surface area contributed by atoms with Gasteiger partial charge in [-0.25, -0.2) is 13.4 Å². The number of anilines is 1. The summed E-state index contributed by atoms with van der Waals surface area (Å²) < 4.78 is 26.4. The Kier molecular flexibility index (Phi) is 6.03. The largest absolute Gasteiger partial charge is 0.383 e. The van der Waals surface area contributed by atoms with Gasteiger partial charge in [-0.3, -0.25) is 0 Å². The fourth-order valence-electron chi connectivity index (χ4n) is 2.16. The van der Waals surface area contributed by atoms with Crippen molar-refractivity contribution in [3.63, 3.8) is 0 Å². The number of rotatable bonds is 3. The van der Waals surface area contributed by atoms with Gasteiger partial charge < -0.3 is 11.5 Å². The third kappa shape index (κ3) is 3.53. The Bertz CT molecular complexity index is 560. The summed E-state index contributed by atoms with van der Waals surface area (Å²) in [4.78, 5) is 3.77. The highest BCUT2D eigenvalue weighted by atomic mass is 35.5. The van der Waals surface area contributed by atoms with Crippen LogP contribution in [-0.2, 0) is 10.0 Å². The quantitative estimate of drug-likeness (QED) is 0.857. The van der Waals surface area contributed by atoms with E-state index in [1.807, 2.05) is 0 Å². The second kappa shape index (κ2) is 6.91. The standard InChI is InChI=1S/C11H17ClN4O2S.ClH/c12-9-5-10(11(14)15-7-9)19(17,18)16-3-1-8(6-13)2-4-16;/h5,7-8H,1-4,6,13H2,(H2,14,15);1H. The summed E-state index contributed by atoms with van der Waals surface area (Å²) in [6.07, 6.45) is 2.86. The van der Waals surface area contributed by atoms with Crippen LogP contribution < -0.4 is 11.5 Å². The van der Waals surface area contributed by atoms with Gasteiger partial charge >= 0.3 is 0 Å². The third-order valence-corrected chi connectivity index (χ3v) is 5.51. The zero-order valence-electron chi connectivity index (χ0n) is 10.8. The normalized spacial score (nSPS) is 17.7. The van der Waals surface area contributed by atoms with Gasteiger partial charge in [0.15, 0.2) is 0 Å². The second-order valence-electron chi connectivity index (χ2n) is 4.62. The van der Waals surface area contributed by atoms with E-state index in [4.69, 9.17) is 23.1 Å². The van der Waals surface area contributed by atoms with E-state index in [1.54, 1.807) is 0 Å². The molecule has 20 heavy (non-hydrogen) atoms. The van der Waals surface area contributed by atoms with Crippen LogP contribution in [0.15, 0.2) is 17.2 Å². The van der Waals surface area contributed by atoms with Crippen molar-refractivity contribution in [2.24, 2.45) is 11.7 Å². The van der Waals surface area contributed by atoms with Gasteiger partial charge in [0, 0.05) is 19.3 Å². The number of aromatic nitrogens is 1. The SMILES string of the molecule is Cl.NCC1CCN(S(=O)(=O)c2cc(Cl)cnc2N)CC1. The number of pyridine rings is 1. The van der Waals surface area contributed by atoms with Gasteiger partial charge in [0.1, 0.15) is 10.7 Å². The summed E-state index contributed by atoms with van der Waals surface area (Å²) in [6.45, 7) is 1.50. The number of nitrogen functional groups attached to an aromatic ring is 1. The Morgan fingerprint density at radius 3 is 2.55 bits per heavy atom. The molecular weight excluding hydrogens is 323 g/mol. The van der Waals surface area contributed by atoms with Crippen molar-refractivity contribution in [3.05, 3.63) is 17.3 Å². The molecule has 0 unspecified atom stereocenters. The molecule has 0 saturated carbocycles. The van der Waals surface area contributed by atoms with Crippen molar-refractivity contribution < 1.29 is 8.42 Å². The first-order chi connectivity index (χ1) is 8.95. The molecule has 0 radical (unpaired) electrons. The maximum atomic E-state index is 12.5. The Hall–Kier alpha value is -0.600. The Labute approximate surface area is 129 Å². The van der Waals surface area contributed by atoms with Gasteiger partial charge in [-0.2, -0.15) is 4.31 Å². The molecule has 2 rings (SSSR count). The van der Waals surface area contributed by atoms with E-state index < -0.39 is 10.0 Å². The third-order valence-electron chi connectivity index (χ3n) is 3.37. The number of nitrogens with zero attached hydrogens (tertiary/aromatic N) is 2. The molecule has 0 bridgehead atoms. The molecule has 1 aliphatic rings. The predicted octanol–water partition coefficient (Wildman–Crippen LogP) is 1.10. The molecule has 1 saturated heterocycles.